The number of allylic oxidation sites excluding steroid dienone is 2. The number of aromatic nitrogens is 2. The molecular weight excluding hydrogens is 556 g/mol. The number of nitrogens with zero attached hydrogens (tertiary/aromatic N) is 4. The van der Waals surface area contributed by atoms with Gasteiger partial charge in [0.2, 0.25) is 5.91 Å². The minimum Gasteiger partial charge on any atom is -0.447 e. The van der Waals surface area contributed by atoms with Crippen LogP contribution in [0.1, 0.15) is 56.1 Å². The molecule has 1 aromatic carbocycles. The molecule has 1 aliphatic heterocycles. The van der Waals surface area contributed by atoms with Gasteiger partial charge in [0.15, 0.2) is 0 Å². The molecule has 11 heteroatoms. The molecule has 3 rings (SSSR count). The lowest BCUT2D eigenvalue weighted by Crippen LogP contribution is -2.50. The van der Waals surface area contributed by atoms with E-state index in [1.807, 2.05) is 61.9 Å². The number of halogens is 1. The Kier molecular flexibility index (Phi) is 12.7. The van der Waals surface area contributed by atoms with Crippen LogP contribution in [-0.4, -0.2) is 77.4 Å². The average molecular weight is 599 g/mol. The van der Waals surface area contributed by atoms with E-state index in [4.69, 9.17) is 26.8 Å². The van der Waals surface area contributed by atoms with Crippen molar-refractivity contribution < 1.29 is 19.1 Å². The zero-order chi connectivity index (χ0) is 30.6. The van der Waals surface area contributed by atoms with E-state index in [1.165, 1.54) is 13.3 Å². The number of piperazine rings is 1. The number of imidazole rings is 1. The SMILES string of the molecule is COCC(=O)NC(/C=C/c1cc(Cl)ccc1C(C/C(C)=C\C=C/N)N1CCN(C(=O)OC(C)C)CC1)c1cncn1C. The van der Waals surface area contributed by atoms with Crippen molar-refractivity contribution in [1.82, 2.24) is 24.7 Å². The van der Waals surface area contributed by atoms with Gasteiger partial charge in [-0.3, -0.25) is 9.69 Å². The summed E-state index contributed by atoms with van der Waals surface area (Å²) in [5.74, 6) is -0.236. The summed E-state index contributed by atoms with van der Waals surface area (Å²) in [5.41, 5.74) is 9.61. The highest BCUT2D eigenvalue weighted by atomic mass is 35.5. The molecule has 1 fully saturated rings. The average Bonchev–Trinajstić information content (AvgIpc) is 3.38. The van der Waals surface area contributed by atoms with E-state index in [0.29, 0.717) is 31.2 Å². The summed E-state index contributed by atoms with van der Waals surface area (Å²) in [6.07, 6.45) is 13.0. The third-order valence-corrected chi connectivity index (χ3v) is 7.23. The number of ether oxygens (including phenoxy) is 2. The molecule has 0 aliphatic carbocycles. The van der Waals surface area contributed by atoms with Crippen molar-refractivity contribution >= 4 is 29.7 Å². The molecule has 2 amide bonds. The third kappa shape index (κ3) is 9.47. The standard InChI is InChI=1S/C31H43ClN6O4/c1-22(2)42-31(40)38-15-13-37(14-16-38)28(17-23(3)7-6-12-33)26-10-9-25(32)18-24(26)8-11-27(35-30(39)20-41-5)29-19-34-21-36(29)4/h6-12,18-19,21-22,27-28H,13-17,20,33H2,1-5H3,(H,35,39)/b11-8+,12-6-,23-7-. The first kappa shape index (κ1) is 32.9. The van der Waals surface area contributed by atoms with Crippen LogP contribution in [0.25, 0.3) is 6.08 Å². The van der Waals surface area contributed by atoms with Gasteiger partial charge >= 0.3 is 6.09 Å². The summed E-state index contributed by atoms with van der Waals surface area (Å²) < 4.78 is 12.3. The second-order valence-corrected chi connectivity index (χ2v) is 11.0. The van der Waals surface area contributed by atoms with E-state index in [2.05, 4.69) is 28.2 Å². The molecule has 228 valence electrons. The molecule has 10 nitrogen and oxygen atoms in total. The molecular formula is C31H43ClN6O4. The van der Waals surface area contributed by atoms with Gasteiger partial charge in [0, 0.05) is 51.4 Å². The Labute approximate surface area is 253 Å². The molecule has 3 N–H and O–H groups in total. The summed E-state index contributed by atoms with van der Waals surface area (Å²) in [7, 11) is 3.37. The van der Waals surface area contributed by atoms with Crippen molar-refractivity contribution in [3.05, 3.63) is 82.6 Å². The Morgan fingerprint density at radius 1 is 1.21 bits per heavy atom. The molecule has 1 aliphatic rings. The smallest absolute Gasteiger partial charge is 0.410 e. The van der Waals surface area contributed by atoms with Gasteiger partial charge < -0.3 is 30.0 Å². The van der Waals surface area contributed by atoms with Gasteiger partial charge in [0.1, 0.15) is 6.61 Å². The largest absolute Gasteiger partial charge is 0.447 e. The van der Waals surface area contributed by atoms with Crippen LogP contribution in [0.4, 0.5) is 4.79 Å². The maximum absolute atomic E-state index is 12.5. The monoisotopic (exact) mass is 598 g/mol. The second kappa shape index (κ2) is 16.1. The second-order valence-electron chi connectivity index (χ2n) is 10.6. The number of rotatable bonds is 12. The van der Waals surface area contributed by atoms with Crippen LogP contribution in [-0.2, 0) is 21.3 Å². The highest BCUT2D eigenvalue weighted by Gasteiger charge is 2.29. The lowest BCUT2D eigenvalue weighted by Gasteiger charge is -2.40. The van der Waals surface area contributed by atoms with Crippen molar-refractivity contribution in [3.8, 4) is 0 Å². The lowest BCUT2D eigenvalue weighted by atomic mass is 9.92. The van der Waals surface area contributed by atoms with E-state index in [9.17, 15) is 9.59 Å². The van der Waals surface area contributed by atoms with Gasteiger partial charge in [-0.1, -0.05) is 41.5 Å². The molecule has 0 saturated carbocycles. The minimum atomic E-state index is -0.433. The Bertz CT molecular complexity index is 1280. The van der Waals surface area contributed by atoms with Gasteiger partial charge in [0.25, 0.3) is 0 Å². The Balaban J connectivity index is 1.96. The van der Waals surface area contributed by atoms with Gasteiger partial charge in [0.05, 0.1) is 30.4 Å². The summed E-state index contributed by atoms with van der Waals surface area (Å²) in [5, 5.41) is 3.62. The van der Waals surface area contributed by atoms with Crippen molar-refractivity contribution in [2.45, 2.75) is 45.4 Å². The first-order valence-electron chi connectivity index (χ1n) is 14.1. The normalized spacial score (nSPS) is 16.4. The number of benzene rings is 1. The fraction of sp³-hybridized carbons (Fsp3) is 0.452. The molecule has 1 saturated heterocycles. The predicted molar refractivity (Wildman–Crippen MR) is 166 cm³/mol. The molecule has 2 unspecified atom stereocenters. The van der Waals surface area contributed by atoms with Crippen molar-refractivity contribution in [2.24, 2.45) is 12.8 Å². The fourth-order valence-electron chi connectivity index (χ4n) is 4.95. The topological polar surface area (TPSA) is 115 Å². The molecule has 2 atom stereocenters. The van der Waals surface area contributed by atoms with Crippen LogP contribution in [0, 0.1) is 0 Å². The van der Waals surface area contributed by atoms with E-state index < -0.39 is 6.04 Å². The highest BCUT2D eigenvalue weighted by Crippen LogP contribution is 2.34. The van der Waals surface area contributed by atoms with E-state index >= 15 is 0 Å². The molecule has 1 aromatic heterocycles. The maximum atomic E-state index is 12.5. The quantitative estimate of drug-likeness (QED) is 0.343. The minimum absolute atomic E-state index is 0.00541. The van der Waals surface area contributed by atoms with Crippen molar-refractivity contribution in [3.63, 3.8) is 0 Å². The van der Waals surface area contributed by atoms with Gasteiger partial charge in [-0.25, -0.2) is 9.78 Å². The van der Waals surface area contributed by atoms with Gasteiger partial charge in [-0.05, 0) is 62.7 Å². The van der Waals surface area contributed by atoms with Crippen LogP contribution < -0.4 is 11.1 Å². The summed E-state index contributed by atoms with van der Waals surface area (Å²) in [6.45, 7) is 8.26. The third-order valence-electron chi connectivity index (χ3n) is 7.00. The predicted octanol–water partition coefficient (Wildman–Crippen LogP) is 4.60. The molecule has 2 heterocycles. The number of amides is 2. The first-order chi connectivity index (χ1) is 20.1. The summed E-state index contributed by atoms with van der Waals surface area (Å²) in [4.78, 5) is 33.4. The maximum Gasteiger partial charge on any atom is 0.410 e. The molecule has 0 bridgehead atoms. The zero-order valence-electron chi connectivity index (χ0n) is 25.1. The van der Waals surface area contributed by atoms with Crippen molar-refractivity contribution in [2.75, 3.05) is 39.9 Å². The van der Waals surface area contributed by atoms with E-state index in [-0.39, 0.29) is 30.8 Å². The Morgan fingerprint density at radius 3 is 2.57 bits per heavy atom. The van der Waals surface area contributed by atoms with Crippen LogP contribution >= 0.6 is 11.6 Å². The van der Waals surface area contributed by atoms with Crippen LogP contribution in [0.15, 0.2) is 60.7 Å². The number of nitrogens with one attached hydrogen (secondary N) is 1. The van der Waals surface area contributed by atoms with E-state index in [1.54, 1.807) is 17.4 Å². The molecule has 0 radical (unpaired) electrons. The van der Waals surface area contributed by atoms with Crippen LogP contribution in [0.2, 0.25) is 5.02 Å². The summed E-state index contributed by atoms with van der Waals surface area (Å²) in [6, 6.07) is 5.46. The number of carbonyl (C=O) groups excluding carboxylic acids is 2. The Hall–Kier alpha value is -3.60. The Morgan fingerprint density at radius 2 is 1.95 bits per heavy atom. The first-order valence-corrected chi connectivity index (χ1v) is 14.5. The molecule has 2 aromatic rings. The zero-order valence-corrected chi connectivity index (χ0v) is 25.9. The van der Waals surface area contributed by atoms with Gasteiger partial charge in [-0.2, -0.15) is 0 Å². The number of nitrogens with two attached hydrogens (primary N) is 1. The number of aryl methyl sites for hydroxylation is 1. The lowest BCUT2D eigenvalue weighted by molar-refractivity contribution is -0.125. The van der Waals surface area contributed by atoms with Crippen molar-refractivity contribution in [1.29, 1.82) is 0 Å². The van der Waals surface area contributed by atoms with Crippen LogP contribution in [0.3, 0.4) is 0 Å². The fourth-order valence-corrected chi connectivity index (χ4v) is 5.13. The number of hydrogen-bond donors (Lipinski definition) is 2. The number of methoxy groups -OCH3 is 1. The summed E-state index contributed by atoms with van der Waals surface area (Å²) >= 11 is 6.50. The van der Waals surface area contributed by atoms with Crippen LogP contribution in [0.5, 0.6) is 0 Å². The molecule has 0 spiro atoms. The number of hydrogen-bond acceptors (Lipinski definition) is 7. The van der Waals surface area contributed by atoms with Gasteiger partial charge in [-0.15, -0.1) is 0 Å². The number of carbonyl (C=O) groups is 2. The highest BCUT2D eigenvalue weighted by molar-refractivity contribution is 6.30. The van der Waals surface area contributed by atoms with E-state index in [0.717, 1.165) is 28.8 Å². The molecule has 42 heavy (non-hydrogen) atoms.